The zero-order valence-electron chi connectivity index (χ0n) is 9.74. The zero-order valence-corrected chi connectivity index (χ0v) is 9.74. The normalized spacial score (nSPS) is 11.8. The standard InChI is InChI=1S/C12H12N4O2/c1-8(9-4-2-3-5-13-9)16-11-10(12(17)18)14-6-7-15-11/h2-8H,1H3,(H,15,16)(H,17,18). The van der Waals surface area contributed by atoms with Crippen molar-refractivity contribution in [3.8, 4) is 0 Å². The molecule has 2 heterocycles. The molecule has 0 saturated carbocycles. The number of anilines is 1. The third-order valence-electron chi connectivity index (χ3n) is 2.39. The van der Waals surface area contributed by atoms with E-state index in [9.17, 15) is 4.79 Å². The molecule has 92 valence electrons. The van der Waals surface area contributed by atoms with Gasteiger partial charge in [-0.1, -0.05) is 6.07 Å². The average Bonchev–Trinajstić information content (AvgIpc) is 2.40. The lowest BCUT2D eigenvalue weighted by molar-refractivity contribution is 0.0691. The van der Waals surface area contributed by atoms with Gasteiger partial charge in [-0.25, -0.2) is 14.8 Å². The Morgan fingerprint density at radius 3 is 2.67 bits per heavy atom. The van der Waals surface area contributed by atoms with Crippen molar-refractivity contribution in [1.29, 1.82) is 0 Å². The summed E-state index contributed by atoms with van der Waals surface area (Å²) in [6.07, 6.45) is 4.47. The number of carboxylic acids is 1. The lowest BCUT2D eigenvalue weighted by Crippen LogP contribution is -2.14. The fraction of sp³-hybridized carbons (Fsp3) is 0.167. The molecule has 0 fully saturated rings. The summed E-state index contributed by atoms with van der Waals surface area (Å²) < 4.78 is 0. The Morgan fingerprint density at radius 1 is 1.22 bits per heavy atom. The molecule has 0 saturated heterocycles. The fourth-order valence-corrected chi connectivity index (χ4v) is 1.51. The average molecular weight is 244 g/mol. The maximum atomic E-state index is 11.0. The molecule has 0 spiro atoms. The van der Waals surface area contributed by atoms with Crippen LogP contribution in [-0.2, 0) is 0 Å². The largest absolute Gasteiger partial charge is 0.476 e. The minimum absolute atomic E-state index is 0.0970. The molecule has 0 bridgehead atoms. The van der Waals surface area contributed by atoms with Crippen LogP contribution < -0.4 is 5.32 Å². The number of nitrogens with one attached hydrogen (secondary N) is 1. The van der Waals surface area contributed by atoms with Crippen molar-refractivity contribution < 1.29 is 9.90 Å². The van der Waals surface area contributed by atoms with Crippen molar-refractivity contribution in [3.05, 3.63) is 48.2 Å². The summed E-state index contributed by atoms with van der Waals surface area (Å²) in [5.41, 5.74) is 0.708. The number of aromatic carboxylic acids is 1. The summed E-state index contributed by atoms with van der Waals surface area (Å²) in [7, 11) is 0. The van der Waals surface area contributed by atoms with E-state index in [1.54, 1.807) is 6.20 Å². The summed E-state index contributed by atoms with van der Waals surface area (Å²) >= 11 is 0. The highest BCUT2D eigenvalue weighted by atomic mass is 16.4. The third kappa shape index (κ3) is 2.60. The van der Waals surface area contributed by atoms with Crippen LogP contribution in [0.1, 0.15) is 29.1 Å². The predicted octanol–water partition coefficient (Wildman–Crippen LogP) is 1.74. The number of carboxylic acid groups (broad SMARTS) is 1. The van der Waals surface area contributed by atoms with E-state index in [4.69, 9.17) is 5.11 Å². The summed E-state index contributed by atoms with van der Waals surface area (Å²) in [5, 5.41) is 12.0. The Kier molecular flexibility index (Phi) is 3.47. The molecule has 2 rings (SSSR count). The predicted molar refractivity (Wildman–Crippen MR) is 65.3 cm³/mol. The first-order chi connectivity index (χ1) is 8.68. The lowest BCUT2D eigenvalue weighted by atomic mass is 10.2. The zero-order chi connectivity index (χ0) is 13.0. The second-order valence-electron chi connectivity index (χ2n) is 3.68. The van der Waals surface area contributed by atoms with Crippen LogP contribution >= 0.6 is 0 Å². The van der Waals surface area contributed by atoms with E-state index in [0.29, 0.717) is 0 Å². The molecule has 18 heavy (non-hydrogen) atoms. The van der Waals surface area contributed by atoms with Crippen LogP contribution in [-0.4, -0.2) is 26.0 Å². The van der Waals surface area contributed by atoms with Crippen LogP contribution in [0.4, 0.5) is 5.82 Å². The Labute approximate surface area is 104 Å². The van der Waals surface area contributed by atoms with E-state index in [1.165, 1.54) is 12.4 Å². The van der Waals surface area contributed by atoms with Crippen LogP contribution in [0.3, 0.4) is 0 Å². The Hall–Kier alpha value is -2.50. The van der Waals surface area contributed by atoms with Gasteiger partial charge in [-0.2, -0.15) is 0 Å². The van der Waals surface area contributed by atoms with Crippen molar-refractivity contribution >= 4 is 11.8 Å². The number of hydrogen-bond donors (Lipinski definition) is 2. The molecule has 0 aliphatic rings. The molecule has 1 unspecified atom stereocenters. The van der Waals surface area contributed by atoms with Crippen molar-refractivity contribution in [3.63, 3.8) is 0 Å². The molecular weight excluding hydrogens is 232 g/mol. The molecule has 2 aromatic heterocycles. The first-order valence-corrected chi connectivity index (χ1v) is 5.40. The third-order valence-corrected chi connectivity index (χ3v) is 2.39. The molecular formula is C12H12N4O2. The quantitative estimate of drug-likeness (QED) is 0.851. The van der Waals surface area contributed by atoms with Gasteiger partial charge in [0.25, 0.3) is 0 Å². The van der Waals surface area contributed by atoms with Crippen molar-refractivity contribution in [2.24, 2.45) is 0 Å². The summed E-state index contributed by atoms with van der Waals surface area (Å²) in [6.45, 7) is 1.88. The molecule has 1 atom stereocenters. The maximum absolute atomic E-state index is 11.0. The van der Waals surface area contributed by atoms with Gasteiger partial charge in [0.2, 0.25) is 0 Å². The Balaban J connectivity index is 2.22. The van der Waals surface area contributed by atoms with Gasteiger partial charge in [0.15, 0.2) is 11.5 Å². The summed E-state index contributed by atoms with van der Waals surface area (Å²) in [5.74, 6) is -0.873. The van der Waals surface area contributed by atoms with E-state index < -0.39 is 5.97 Å². The van der Waals surface area contributed by atoms with Crippen LogP contribution in [0.15, 0.2) is 36.8 Å². The molecule has 6 nitrogen and oxygen atoms in total. The van der Waals surface area contributed by atoms with Crippen LogP contribution in [0.2, 0.25) is 0 Å². The first kappa shape index (κ1) is 12.0. The van der Waals surface area contributed by atoms with Gasteiger partial charge in [-0.3, -0.25) is 4.98 Å². The SMILES string of the molecule is CC(Nc1nccnc1C(=O)O)c1ccccn1. The van der Waals surface area contributed by atoms with Gasteiger partial charge in [-0.05, 0) is 19.1 Å². The van der Waals surface area contributed by atoms with Crippen molar-refractivity contribution in [1.82, 2.24) is 15.0 Å². The van der Waals surface area contributed by atoms with Gasteiger partial charge < -0.3 is 10.4 Å². The first-order valence-electron chi connectivity index (χ1n) is 5.40. The molecule has 2 aromatic rings. The second-order valence-corrected chi connectivity index (χ2v) is 3.68. The highest BCUT2D eigenvalue weighted by molar-refractivity contribution is 5.90. The fourth-order valence-electron chi connectivity index (χ4n) is 1.51. The van der Waals surface area contributed by atoms with Gasteiger partial charge in [0.05, 0.1) is 11.7 Å². The summed E-state index contributed by atoms with van der Waals surface area (Å²) in [4.78, 5) is 22.9. The molecule has 0 radical (unpaired) electrons. The number of carbonyl (C=O) groups is 1. The number of pyridine rings is 1. The highest BCUT2D eigenvalue weighted by Gasteiger charge is 2.15. The minimum atomic E-state index is -1.11. The van der Waals surface area contributed by atoms with Crippen LogP contribution in [0.5, 0.6) is 0 Å². The highest BCUT2D eigenvalue weighted by Crippen LogP contribution is 2.17. The molecule has 6 heteroatoms. The molecule has 0 amide bonds. The lowest BCUT2D eigenvalue weighted by Gasteiger charge is -2.14. The van der Waals surface area contributed by atoms with Crippen molar-refractivity contribution in [2.45, 2.75) is 13.0 Å². The van der Waals surface area contributed by atoms with Gasteiger partial charge in [-0.15, -0.1) is 0 Å². The Morgan fingerprint density at radius 2 is 2.00 bits per heavy atom. The number of nitrogens with zero attached hydrogens (tertiary/aromatic N) is 3. The number of hydrogen-bond acceptors (Lipinski definition) is 5. The topological polar surface area (TPSA) is 88.0 Å². The second kappa shape index (κ2) is 5.22. The van der Waals surface area contributed by atoms with E-state index in [-0.39, 0.29) is 17.6 Å². The van der Waals surface area contributed by atoms with E-state index in [2.05, 4.69) is 20.3 Å². The molecule has 0 aliphatic heterocycles. The van der Waals surface area contributed by atoms with Crippen LogP contribution in [0, 0.1) is 0 Å². The monoisotopic (exact) mass is 244 g/mol. The number of aromatic nitrogens is 3. The molecule has 0 aliphatic carbocycles. The van der Waals surface area contributed by atoms with E-state index >= 15 is 0 Å². The minimum Gasteiger partial charge on any atom is -0.476 e. The maximum Gasteiger partial charge on any atom is 0.358 e. The summed E-state index contributed by atoms with van der Waals surface area (Å²) in [6, 6.07) is 5.39. The molecule has 0 aromatic carbocycles. The number of rotatable bonds is 4. The van der Waals surface area contributed by atoms with Gasteiger partial charge >= 0.3 is 5.97 Å². The smallest absolute Gasteiger partial charge is 0.358 e. The van der Waals surface area contributed by atoms with Crippen molar-refractivity contribution in [2.75, 3.05) is 5.32 Å². The van der Waals surface area contributed by atoms with Gasteiger partial charge in [0, 0.05) is 18.6 Å². The van der Waals surface area contributed by atoms with Crippen LogP contribution in [0.25, 0.3) is 0 Å². The van der Waals surface area contributed by atoms with E-state index in [1.807, 2.05) is 25.1 Å². The van der Waals surface area contributed by atoms with Gasteiger partial charge in [0.1, 0.15) is 0 Å². The molecule has 2 N–H and O–H groups in total. The van der Waals surface area contributed by atoms with E-state index in [0.717, 1.165) is 5.69 Å². The Bertz CT molecular complexity index is 545.